The molecule has 2 heterocycles. The molecule has 0 aliphatic carbocycles. The van der Waals surface area contributed by atoms with Crippen LogP contribution in [0.1, 0.15) is 49.2 Å². The fraction of sp³-hybridized carbons (Fsp3) is 0.562. The highest BCUT2D eigenvalue weighted by molar-refractivity contribution is 5.88. The van der Waals surface area contributed by atoms with Gasteiger partial charge in [-0.1, -0.05) is 13.8 Å². The van der Waals surface area contributed by atoms with Crippen LogP contribution in [-0.4, -0.2) is 35.4 Å². The van der Waals surface area contributed by atoms with Crippen molar-refractivity contribution in [2.75, 3.05) is 13.7 Å². The van der Waals surface area contributed by atoms with E-state index < -0.39 is 5.97 Å². The van der Waals surface area contributed by atoms with Crippen molar-refractivity contribution in [3.63, 3.8) is 0 Å². The van der Waals surface area contributed by atoms with Gasteiger partial charge in [0.2, 0.25) is 5.91 Å². The first-order valence-electron chi connectivity index (χ1n) is 7.22. The average molecular weight is 290 g/mol. The van der Waals surface area contributed by atoms with E-state index in [-0.39, 0.29) is 11.3 Å². The molecule has 2 rings (SSSR count). The molecule has 1 saturated heterocycles. The van der Waals surface area contributed by atoms with Crippen LogP contribution in [0.5, 0.6) is 0 Å². The lowest BCUT2D eigenvalue weighted by Crippen LogP contribution is -2.30. The normalized spacial score (nSPS) is 18.2. The summed E-state index contributed by atoms with van der Waals surface area (Å²) in [5, 5.41) is 0. The first-order valence-corrected chi connectivity index (χ1v) is 7.22. The molecule has 0 unspecified atom stereocenters. The van der Waals surface area contributed by atoms with Crippen molar-refractivity contribution >= 4 is 11.9 Å². The lowest BCUT2D eigenvalue weighted by molar-refractivity contribution is -0.131. The SMILES string of the molecule is COC(=O)c1ccc(CN2CCC(C)(C)CCC2=O)nc1. The standard InChI is InChI=1S/C16H22N2O3/c1-16(2)7-6-14(19)18(9-8-16)11-13-5-4-12(10-17-13)15(20)21-3/h4-5,10H,6-9,11H2,1-3H3. The van der Waals surface area contributed by atoms with Gasteiger partial charge in [0.05, 0.1) is 24.9 Å². The Kier molecular flexibility index (Phi) is 4.60. The predicted molar refractivity (Wildman–Crippen MR) is 78.6 cm³/mol. The quantitative estimate of drug-likeness (QED) is 0.802. The number of likely N-dealkylation sites (tertiary alicyclic amines) is 1. The van der Waals surface area contributed by atoms with Gasteiger partial charge in [-0.2, -0.15) is 0 Å². The van der Waals surface area contributed by atoms with Gasteiger partial charge in [0.15, 0.2) is 0 Å². The number of aromatic nitrogens is 1. The monoisotopic (exact) mass is 290 g/mol. The zero-order valence-electron chi connectivity index (χ0n) is 12.9. The number of esters is 1. The molecule has 0 N–H and O–H groups in total. The van der Waals surface area contributed by atoms with E-state index >= 15 is 0 Å². The first kappa shape index (κ1) is 15.5. The summed E-state index contributed by atoms with van der Waals surface area (Å²) in [5.41, 5.74) is 1.42. The van der Waals surface area contributed by atoms with Crippen molar-refractivity contribution in [2.24, 2.45) is 5.41 Å². The van der Waals surface area contributed by atoms with Crippen molar-refractivity contribution in [3.05, 3.63) is 29.6 Å². The summed E-state index contributed by atoms with van der Waals surface area (Å²) in [4.78, 5) is 29.6. The zero-order chi connectivity index (χ0) is 15.5. The Morgan fingerprint density at radius 2 is 2.14 bits per heavy atom. The van der Waals surface area contributed by atoms with E-state index in [1.807, 2.05) is 4.90 Å². The van der Waals surface area contributed by atoms with Gasteiger partial charge < -0.3 is 9.64 Å². The Hall–Kier alpha value is -1.91. The molecule has 114 valence electrons. The van der Waals surface area contributed by atoms with Gasteiger partial charge in [-0.05, 0) is 30.4 Å². The van der Waals surface area contributed by atoms with Gasteiger partial charge in [-0.15, -0.1) is 0 Å². The van der Waals surface area contributed by atoms with Crippen LogP contribution in [0, 0.1) is 5.41 Å². The van der Waals surface area contributed by atoms with E-state index in [0.717, 1.165) is 25.1 Å². The minimum atomic E-state index is -0.401. The molecule has 0 spiro atoms. The fourth-order valence-corrected chi connectivity index (χ4v) is 2.41. The van der Waals surface area contributed by atoms with Gasteiger partial charge in [0.1, 0.15) is 0 Å². The average Bonchev–Trinajstić information content (AvgIpc) is 2.60. The molecular formula is C16H22N2O3. The molecule has 0 saturated carbocycles. The smallest absolute Gasteiger partial charge is 0.339 e. The van der Waals surface area contributed by atoms with Crippen molar-refractivity contribution in [1.29, 1.82) is 0 Å². The van der Waals surface area contributed by atoms with Gasteiger partial charge in [-0.3, -0.25) is 9.78 Å². The molecule has 1 aliphatic heterocycles. The molecule has 21 heavy (non-hydrogen) atoms. The minimum Gasteiger partial charge on any atom is -0.465 e. The number of nitrogens with zero attached hydrogens (tertiary/aromatic N) is 2. The predicted octanol–water partition coefficient (Wildman–Crippen LogP) is 2.41. The first-order chi connectivity index (χ1) is 9.91. The maximum Gasteiger partial charge on any atom is 0.339 e. The number of pyridine rings is 1. The van der Waals surface area contributed by atoms with Crippen LogP contribution in [-0.2, 0) is 16.1 Å². The summed E-state index contributed by atoms with van der Waals surface area (Å²) in [6.45, 7) is 5.66. The van der Waals surface area contributed by atoms with Crippen LogP contribution in [0.4, 0.5) is 0 Å². The molecule has 1 aromatic rings. The number of ether oxygens (including phenoxy) is 1. The summed E-state index contributed by atoms with van der Waals surface area (Å²) in [6.07, 6.45) is 4.01. The van der Waals surface area contributed by atoms with Crippen LogP contribution in [0.15, 0.2) is 18.3 Å². The summed E-state index contributed by atoms with van der Waals surface area (Å²) < 4.78 is 4.64. The molecule has 5 heteroatoms. The Bertz CT molecular complexity index is 523. The molecule has 1 fully saturated rings. The summed E-state index contributed by atoms with van der Waals surface area (Å²) >= 11 is 0. The molecular weight excluding hydrogens is 268 g/mol. The third kappa shape index (κ3) is 4.03. The van der Waals surface area contributed by atoms with Crippen LogP contribution >= 0.6 is 0 Å². The van der Waals surface area contributed by atoms with Gasteiger partial charge >= 0.3 is 5.97 Å². The molecule has 0 bridgehead atoms. The van der Waals surface area contributed by atoms with Gasteiger partial charge in [0, 0.05) is 19.2 Å². The van der Waals surface area contributed by atoms with E-state index in [2.05, 4.69) is 23.6 Å². The van der Waals surface area contributed by atoms with E-state index in [1.54, 1.807) is 12.1 Å². The maximum atomic E-state index is 12.2. The van der Waals surface area contributed by atoms with Crippen molar-refractivity contribution in [3.8, 4) is 0 Å². The highest BCUT2D eigenvalue weighted by Crippen LogP contribution is 2.30. The largest absolute Gasteiger partial charge is 0.465 e. The third-order valence-electron chi connectivity index (χ3n) is 4.03. The summed E-state index contributed by atoms with van der Waals surface area (Å²) in [5.74, 6) is -0.221. The van der Waals surface area contributed by atoms with E-state index in [4.69, 9.17) is 0 Å². The van der Waals surface area contributed by atoms with Crippen LogP contribution in [0.3, 0.4) is 0 Å². The second-order valence-corrected chi connectivity index (χ2v) is 6.26. The molecule has 1 aliphatic rings. The second kappa shape index (κ2) is 6.24. The van der Waals surface area contributed by atoms with Gasteiger partial charge in [0.25, 0.3) is 0 Å². The molecule has 0 radical (unpaired) electrons. The third-order valence-corrected chi connectivity index (χ3v) is 4.03. The minimum absolute atomic E-state index is 0.180. The van der Waals surface area contributed by atoms with E-state index in [9.17, 15) is 9.59 Å². The Morgan fingerprint density at radius 1 is 1.38 bits per heavy atom. The number of hydrogen-bond donors (Lipinski definition) is 0. The zero-order valence-corrected chi connectivity index (χ0v) is 12.9. The molecule has 1 amide bonds. The summed E-state index contributed by atoms with van der Waals surface area (Å²) in [6, 6.07) is 3.45. The van der Waals surface area contributed by atoms with Crippen LogP contribution in [0.2, 0.25) is 0 Å². The molecule has 5 nitrogen and oxygen atoms in total. The Balaban J connectivity index is 2.03. The summed E-state index contributed by atoms with van der Waals surface area (Å²) in [7, 11) is 1.34. The molecule has 1 aromatic heterocycles. The molecule has 0 aromatic carbocycles. The number of carbonyl (C=O) groups is 2. The van der Waals surface area contributed by atoms with Crippen molar-refractivity contribution in [2.45, 2.75) is 39.7 Å². The maximum absolute atomic E-state index is 12.2. The van der Waals surface area contributed by atoms with Crippen LogP contribution in [0.25, 0.3) is 0 Å². The number of amides is 1. The Morgan fingerprint density at radius 3 is 2.76 bits per heavy atom. The van der Waals surface area contributed by atoms with Crippen molar-refractivity contribution < 1.29 is 14.3 Å². The van der Waals surface area contributed by atoms with Crippen molar-refractivity contribution in [1.82, 2.24) is 9.88 Å². The number of carbonyl (C=O) groups excluding carboxylic acids is 2. The highest BCUT2D eigenvalue weighted by Gasteiger charge is 2.27. The lowest BCUT2D eigenvalue weighted by Gasteiger charge is -2.23. The van der Waals surface area contributed by atoms with Gasteiger partial charge in [-0.25, -0.2) is 4.79 Å². The van der Waals surface area contributed by atoms with E-state index in [1.165, 1.54) is 13.3 Å². The number of rotatable bonds is 3. The lowest BCUT2D eigenvalue weighted by atomic mass is 9.85. The fourth-order valence-electron chi connectivity index (χ4n) is 2.41. The van der Waals surface area contributed by atoms with Crippen LogP contribution < -0.4 is 0 Å². The highest BCUT2D eigenvalue weighted by atomic mass is 16.5. The topological polar surface area (TPSA) is 59.5 Å². The number of methoxy groups -OCH3 is 1. The number of hydrogen-bond acceptors (Lipinski definition) is 4. The Labute approximate surface area is 125 Å². The second-order valence-electron chi connectivity index (χ2n) is 6.26. The molecule has 0 atom stereocenters. The van der Waals surface area contributed by atoms with E-state index in [0.29, 0.717) is 18.5 Å².